The number of nitrogens with one attached hydrogen (secondary N) is 1. The summed E-state index contributed by atoms with van der Waals surface area (Å²) < 4.78 is 38.0. The van der Waals surface area contributed by atoms with Crippen LogP contribution in [0.25, 0.3) is 0 Å². The van der Waals surface area contributed by atoms with Gasteiger partial charge in [0.1, 0.15) is 5.82 Å². The molecule has 118 valence electrons. The Morgan fingerprint density at radius 2 is 2.00 bits per heavy atom. The van der Waals surface area contributed by atoms with Crippen LogP contribution in [0.2, 0.25) is 5.02 Å². The Morgan fingerprint density at radius 1 is 1.33 bits per heavy atom. The highest BCUT2D eigenvalue weighted by Crippen LogP contribution is 2.35. The van der Waals surface area contributed by atoms with Crippen LogP contribution in [0, 0.1) is 5.92 Å². The third-order valence-electron chi connectivity index (χ3n) is 3.73. The minimum Gasteiger partial charge on any atom is -0.357 e. The lowest BCUT2D eigenvalue weighted by Crippen LogP contribution is -2.39. The summed E-state index contributed by atoms with van der Waals surface area (Å²) in [5.41, 5.74) is 0.731. The van der Waals surface area contributed by atoms with Crippen molar-refractivity contribution in [2.45, 2.75) is 32.5 Å². The molecule has 1 aliphatic heterocycles. The van der Waals surface area contributed by atoms with Crippen molar-refractivity contribution < 1.29 is 13.2 Å². The molecule has 0 atom stereocenters. The van der Waals surface area contributed by atoms with E-state index in [-0.39, 0.29) is 12.8 Å². The summed E-state index contributed by atoms with van der Waals surface area (Å²) in [7, 11) is 0. The van der Waals surface area contributed by atoms with Gasteiger partial charge in [0.2, 0.25) is 0 Å². The Kier molecular flexibility index (Phi) is 5.32. The van der Waals surface area contributed by atoms with E-state index in [9.17, 15) is 13.2 Å². The summed E-state index contributed by atoms with van der Waals surface area (Å²) in [5.74, 6) is -0.491. The zero-order valence-electron chi connectivity index (χ0n) is 11.9. The van der Waals surface area contributed by atoms with Gasteiger partial charge < -0.3 is 10.2 Å². The summed E-state index contributed by atoms with van der Waals surface area (Å²) >= 11 is 6.08. The van der Waals surface area contributed by atoms with Crippen LogP contribution in [0.3, 0.4) is 0 Å². The normalized spacial score (nSPS) is 17.3. The molecule has 0 spiro atoms. The smallest absolute Gasteiger partial charge is 0.357 e. The molecule has 7 heteroatoms. The fraction of sp³-hybridized carbons (Fsp3) is 0.643. The number of nitrogens with zero attached hydrogens (tertiary/aromatic N) is 2. The molecule has 3 nitrogen and oxygen atoms in total. The Hall–Kier alpha value is -1.01. The van der Waals surface area contributed by atoms with E-state index in [1.54, 1.807) is 12.1 Å². The fourth-order valence-electron chi connectivity index (χ4n) is 2.45. The maximum Gasteiger partial charge on any atom is 0.391 e. The fourth-order valence-corrected chi connectivity index (χ4v) is 2.62. The summed E-state index contributed by atoms with van der Waals surface area (Å²) in [5, 5.41) is 3.72. The maximum absolute atomic E-state index is 12.7. The highest BCUT2D eigenvalue weighted by Gasteiger charge is 2.41. The van der Waals surface area contributed by atoms with E-state index in [0.29, 0.717) is 30.5 Å². The molecule has 0 aromatic carbocycles. The molecule has 1 fully saturated rings. The highest BCUT2D eigenvalue weighted by molar-refractivity contribution is 6.31. The second-order valence-electron chi connectivity index (χ2n) is 5.18. The molecule has 0 amide bonds. The number of rotatable bonds is 4. The van der Waals surface area contributed by atoms with Crippen LogP contribution in [-0.4, -0.2) is 30.8 Å². The topological polar surface area (TPSA) is 28.2 Å². The molecule has 1 saturated heterocycles. The van der Waals surface area contributed by atoms with Gasteiger partial charge >= 0.3 is 6.18 Å². The van der Waals surface area contributed by atoms with E-state index < -0.39 is 12.1 Å². The first kappa shape index (κ1) is 16.4. The molecule has 2 rings (SSSR count). The van der Waals surface area contributed by atoms with E-state index in [0.717, 1.165) is 12.2 Å². The van der Waals surface area contributed by atoms with Crippen LogP contribution >= 0.6 is 11.6 Å². The second-order valence-corrected chi connectivity index (χ2v) is 5.59. The minimum atomic E-state index is -4.09. The maximum atomic E-state index is 12.7. The van der Waals surface area contributed by atoms with E-state index in [4.69, 9.17) is 11.6 Å². The monoisotopic (exact) mass is 321 g/mol. The molecule has 2 heterocycles. The van der Waals surface area contributed by atoms with E-state index in [2.05, 4.69) is 10.3 Å². The lowest BCUT2D eigenvalue weighted by molar-refractivity contribution is -0.179. The van der Waals surface area contributed by atoms with Crippen molar-refractivity contribution in [2.24, 2.45) is 5.92 Å². The average molecular weight is 322 g/mol. The molecule has 0 saturated carbocycles. The first-order valence-corrected chi connectivity index (χ1v) is 7.47. The van der Waals surface area contributed by atoms with Crippen LogP contribution in [-0.2, 0) is 6.54 Å². The van der Waals surface area contributed by atoms with Crippen LogP contribution in [0.1, 0.15) is 25.5 Å². The number of halogens is 4. The molecule has 1 aliphatic rings. The highest BCUT2D eigenvalue weighted by atomic mass is 35.5. The van der Waals surface area contributed by atoms with Crippen LogP contribution < -0.4 is 10.2 Å². The number of aromatic nitrogens is 1. The molecule has 0 radical (unpaired) electrons. The number of hydrogen-bond donors (Lipinski definition) is 1. The lowest BCUT2D eigenvalue weighted by Gasteiger charge is -2.33. The first-order chi connectivity index (χ1) is 9.91. The Morgan fingerprint density at radius 3 is 2.57 bits per heavy atom. The van der Waals surface area contributed by atoms with Crippen LogP contribution in [0.5, 0.6) is 0 Å². The molecule has 1 aromatic heterocycles. The Balaban J connectivity index is 2.03. The van der Waals surface area contributed by atoms with Gasteiger partial charge in [-0.2, -0.15) is 13.2 Å². The molecule has 1 aromatic rings. The number of piperidine rings is 1. The molecular weight excluding hydrogens is 303 g/mol. The number of anilines is 1. The van der Waals surface area contributed by atoms with Gasteiger partial charge in [0.15, 0.2) is 0 Å². The van der Waals surface area contributed by atoms with Crippen molar-refractivity contribution >= 4 is 17.4 Å². The van der Waals surface area contributed by atoms with Gasteiger partial charge in [-0.3, -0.25) is 0 Å². The standard InChI is InChI=1S/C14H19ClF3N3/c1-2-19-9-12-11(15)3-4-13(20-12)21-7-5-10(6-8-21)14(16,17)18/h3-4,10,19H,2,5-9H2,1H3. The van der Waals surface area contributed by atoms with E-state index >= 15 is 0 Å². The first-order valence-electron chi connectivity index (χ1n) is 7.09. The van der Waals surface area contributed by atoms with Crippen molar-refractivity contribution in [1.82, 2.24) is 10.3 Å². The largest absolute Gasteiger partial charge is 0.391 e. The van der Waals surface area contributed by atoms with Crippen molar-refractivity contribution in [2.75, 3.05) is 24.5 Å². The molecule has 21 heavy (non-hydrogen) atoms. The molecule has 0 aliphatic carbocycles. The summed E-state index contributed by atoms with van der Waals surface area (Å²) in [4.78, 5) is 6.37. The molecular formula is C14H19ClF3N3. The third kappa shape index (κ3) is 4.23. The minimum absolute atomic E-state index is 0.121. The summed E-state index contributed by atoms with van der Waals surface area (Å²) in [6, 6.07) is 3.53. The predicted octanol–water partition coefficient (Wildman–Crippen LogP) is 3.62. The second kappa shape index (κ2) is 6.83. The van der Waals surface area contributed by atoms with Gasteiger partial charge in [-0.25, -0.2) is 4.98 Å². The average Bonchev–Trinajstić information content (AvgIpc) is 2.46. The van der Waals surface area contributed by atoms with Crippen molar-refractivity contribution in [3.63, 3.8) is 0 Å². The lowest BCUT2D eigenvalue weighted by atomic mass is 9.96. The quantitative estimate of drug-likeness (QED) is 0.918. The molecule has 1 N–H and O–H groups in total. The van der Waals surface area contributed by atoms with E-state index in [1.165, 1.54) is 0 Å². The van der Waals surface area contributed by atoms with Gasteiger partial charge in [0, 0.05) is 19.6 Å². The van der Waals surface area contributed by atoms with Gasteiger partial charge in [0.05, 0.1) is 16.6 Å². The Labute approximate surface area is 127 Å². The predicted molar refractivity (Wildman–Crippen MR) is 77.6 cm³/mol. The number of hydrogen-bond acceptors (Lipinski definition) is 3. The zero-order chi connectivity index (χ0) is 15.5. The van der Waals surface area contributed by atoms with Gasteiger partial charge in [0.25, 0.3) is 0 Å². The molecule has 0 unspecified atom stereocenters. The van der Waals surface area contributed by atoms with Crippen molar-refractivity contribution in [3.05, 3.63) is 22.8 Å². The van der Waals surface area contributed by atoms with Crippen molar-refractivity contribution in [3.8, 4) is 0 Å². The Bertz CT molecular complexity index is 471. The van der Waals surface area contributed by atoms with Gasteiger partial charge in [-0.05, 0) is 31.5 Å². The summed E-state index contributed by atoms with van der Waals surface area (Å²) in [6.07, 6.45) is -3.84. The van der Waals surface area contributed by atoms with Crippen LogP contribution in [0.4, 0.5) is 19.0 Å². The van der Waals surface area contributed by atoms with Crippen molar-refractivity contribution in [1.29, 1.82) is 0 Å². The van der Waals surface area contributed by atoms with Crippen LogP contribution in [0.15, 0.2) is 12.1 Å². The number of pyridine rings is 1. The molecule has 0 bridgehead atoms. The van der Waals surface area contributed by atoms with Gasteiger partial charge in [-0.1, -0.05) is 18.5 Å². The summed E-state index contributed by atoms with van der Waals surface area (Å²) in [6.45, 7) is 4.10. The zero-order valence-corrected chi connectivity index (χ0v) is 12.6. The third-order valence-corrected chi connectivity index (χ3v) is 4.07. The van der Waals surface area contributed by atoms with E-state index in [1.807, 2.05) is 11.8 Å². The van der Waals surface area contributed by atoms with Gasteiger partial charge in [-0.15, -0.1) is 0 Å². The SMILES string of the molecule is CCNCc1nc(N2CCC(C(F)(F)F)CC2)ccc1Cl. The number of alkyl halides is 3.